The number of rotatable bonds is 4. The molecule has 0 amide bonds. The molecule has 2 atom stereocenters. The van der Waals surface area contributed by atoms with Crippen LogP contribution in [-0.4, -0.2) is 39.9 Å². The van der Waals surface area contributed by atoms with E-state index in [0.29, 0.717) is 25.4 Å². The number of aryl methyl sites for hydroxylation is 1. The molecule has 5 nitrogen and oxygen atoms in total. The molecule has 1 fully saturated rings. The number of fused-ring (bicyclic) bond motifs is 1. The zero-order valence-corrected chi connectivity index (χ0v) is 13.6. The van der Waals surface area contributed by atoms with Crippen LogP contribution >= 0.6 is 22.9 Å². The summed E-state index contributed by atoms with van der Waals surface area (Å²) >= 11 is 7.61. The van der Waals surface area contributed by atoms with Gasteiger partial charge < -0.3 is 15.2 Å². The molecule has 2 aromatic rings. The van der Waals surface area contributed by atoms with E-state index < -0.39 is 5.60 Å². The van der Waals surface area contributed by atoms with Gasteiger partial charge in [-0.25, -0.2) is 9.97 Å². The summed E-state index contributed by atoms with van der Waals surface area (Å²) in [5.74, 6) is 0.675. The summed E-state index contributed by atoms with van der Waals surface area (Å²) in [5, 5.41) is 14.9. The number of nitrogens with one attached hydrogen (secondary N) is 1. The van der Waals surface area contributed by atoms with Crippen LogP contribution in [0.15, 0.2) is 6.07 Å². The molecule has 21 heavy (non-hydrogen) atoms. The third kappa shape index (κ3) is 2.85. The highest BCUT2D eigenvalue weighted by molar-refractivity contribution is 7.18. The Hall–Kier alpha value is -0.950. The lowest BCUT2D eigenvalue weighted by Gasteiger charge is -2.26. The van der Waals surface area contributed by atoms with Gasteiger partial charge in [0.05, 0.1) is 11.5 Å². The monoisotopic (exact) mass is 327 g/mol. The van der Waals surface area contributed by atoms with Gasteiger partial charge in [-0.2, -0.15) is 0 Å². The van der Waals surface area contributed by atoms with Gasteiger partial charge in [0, 0.05) is 24.4 Å². The SMILES string of the molecule is CCc1cc2c(NCC3(O)CCOC3C)nc(Cl)nc2s1. The van der Waals surface area contributed by atoms with Crippen molar-refractivity contribution in [3.05, 3.63) is 16.2 Å². The van der Waals surface area contributed by atoms with Crippen LogP contribution in [0.1, 0.15) is 25.1 Å². The molecule has 114 valence electrons. The third-order valence-corrected chi connectivity index (χ3v) is 5.33. The van der Waals surface area contributed by atoms with Gasteiger partial charge in [-0.15, -0.1) is 11.3 Å². The zero-order valence-electron chi connectivity index (χ0n) is 12.0. The molecule has 0 saturated carbocycles. The van der Waals surface area contributed by atoms with Gasteiger partial charge >= 0.3 is 0 Å². The van der Waals surface area contributed by atoms with Crippen molar-refractivity contribution in [1.29, 1.82) is 0 Å². The van der Waals surface area contributed by atoms with Crippen LogP contribution in [0.25, 0.3) is 10.2 Å². The molecule has 0 radical (unpaired) electrons. The molecule has 2 aromatic heterocycles. The van der Waals surface area contributed by atoms with E-state index in [-0.39, 0.29) is 11.4 Å². The van der Waals surface area contributed by atoms with Crippen LogP contribution in [0.5, 0.6) is 0 Å². The Bertz CT molecular complexity index is 663. The van der Waals surface area contributed by atoms with Crippen molar-refractivity contribution in [3.63, 3.8) is 0 Å². The maximum atomic E-state index is 10.6. The van der Waals surface area contributed by atoms with Gasteiger partial charge in [-0.05, 0) is 31.0 Å². The summed E-state index contributed by atoms with van der Waals surface area (Å²) in [6.45, 7) is 4.95. The fourth-order valence-corrected chi connectivity index (χ4v) is 3.68. The van der Waals surface area contributed by atoms with Gasteiger partial charge in [0.25, 0.3) is 0 Å². The van der Waals surface area contributed by atoms with Crippen LogP contribution in [0, 0.1) is 0 Å². The largest absolute Gasteiger partial charge is 0.385 e. The number of ether oxygens (including phenoxy) is 1. The normalized spacial score (nSPS) is 25.6. The standard InChI is InChI=1S/C14H18ClN3O2S/c1-3-9-6-10-11(17-13(15)18-12(10)21-9)16-7-14(19)4-5-20-8(14)2/h6,8,19H,3-5,7H2,1-2H3,(H,16,17,18). The number of anilines is 1. The lowest BCUT2D eigenvalue weighted by molar-refractivity contribution is -0.0176. The summed E-state index contributed by atoms with van der Waals surface area (Å²) < 4.78 is 5.44. The van der Waals surface area contributed by atoms with Crippen molar-refractivity contribution in [2.24, 2.45) is 0 Å². The van der Waals surface area contributed by atoms with Crippen LogP contribution in [0.4, 0.5) is 5.82 Å². The number of thiophene rings is 1. The predicted octanol–water partition coefficient (Wildman–Crippen LogP) is 2.86. The Balaban J connectivity index is 1.87. The van der Waals surface area contributed by atoms with E-state index >= 15 is 0 Å². The van der Waals surface area contributed by atoms with Crippen molar-refractivity contribution >= 4 is 39.0 Å². The van der Waals surface area contributed by atoms with E-state index in [2.05, 4.69) is 28.3 Å². The molecule has 0 bridgehead atoms. The predicted molar refractivity (Wildman–Crippen MR) is 85.3 cm³/mol. The molecular weight excluding hydrogens is 310 g/mol. The van der Waals surface area contributed by atoms with Crippen molar-refractivity contribution in [1.82, 2.24) is 9.97 Å². The molecule has 0 aliphatic carbocycles. The topological polar surface area (TPSA) is 67.3 Å². The van der Waals surface area contributed by atoms with E-state index in [1.807, 2.05) is 6.92 Å². The van der Waals surface area contributed by atoms with Gasteiger partial charge in [-0.3, -0.25) is 0 Å². The van der Waals surface area contributed by atoms with Crippen LogP contribution in [0.3, 0.4) is 0 Å². The number of halogens is 1. The highest BCUT2D eigenvalue weighted by Gasteiger charge is 2.39. The van der Waals surface area contributed by atoms with E-state index in [1.165, 1.54) is 4.88 Å². The van der Waals surface area contributed by atoms with Gasteiger partial charge in [0.2, 0.25) is 5.28 Å². The lowest BCUT2D eigenvalue weighted by Crippen LogP contribution is -2.43. The maximum Gasteiger partial charge on any atom is 0.225 e. The molecule has 2 unspecified atom stereocenters. The number of hydrogen-bond donors (Lipinski definition) is 2. The second-order valence-electron chi connectivity index (χ2n) is 5.35. The molecule has 1 aliphatic heterocycles. The number of nitrogens with zero attached hydrogens (tertiary/aromatic N) is 2. The second kappa shape index (κ2) is 5.68. The van der Waals surface area contributed by atoms with E-state index in [1.54, 1.807) is 11.3 Å². The first kappa shape index (κ1) is 15.0. The zero-order chi connectivity index (χ0) is 15.0. The van der Waals surface area contributed by atoms with Gasteiger partial charge in [-0.1, -0.05) is 6.92 Å². The average Bonchev–Trinajstić information content (AvgIpc) is 3.00. The van der Waals surface area contributed by atoms with Crippen LogP contribution < -0.4 is 5.32 Å². The molecule has 1 saturated heterocycles. The summed E-state index contributed by atoms with van der Waals surface area (Å²) in [4.78, 5) is 10.6. The minimum absolute atomic E-state index is 0.188. The van der Waals surface area contributed by atoms with Crippen LogP contribution in [-0.2, 0) is 11.2 Å². The summed E-state index contributed by atoms with van der Waals surface area (Å²) in [6, 6.07) is 2.08. The maximum absolute atomic E-state index is 10.6. The van der Waals surface area contributed by atoms with Crippen molar-refractivity contribution in [3.8, 4) is 0 Å². The highest BCUT2D eigenvalue weighted by Crippen LogP contribution is 2.32. The summed E-state index contributed by atoms with van der Waals surface area (Å²) in [5.41, 5.74) is -0.868. The molecule has 2 N–H and O–H groups in total. The lowest BCUT2D eigenvalue weighted by atomic mass is 9.97. The Morgan fingerprint density at radius 3 is 3.05 bits per heavy atom. The van der Waals surface area contributed by atoms with E-state index in [4.69, 9.17) is 16.3 Å². The number of aliphatic hydroxyl groups is 1. The van der Waals surface area contributed by atoms with E-state index in [0.717, 1.165) is 16.6 Å². The van der Waals surface area contributed by atoms with Gasteiger partial charge in [0.1, 0.15) is 16.2 Å². The molecule has 7 heteroatoms. The minimum Gasteiger partial charge on any atom is -0.385 e. The van der Waals surface area contributed by atoms with Crippen molar-refractivity contribution in [2.75, 3.05) is 18.5 Å². The average molecular weight is 328 g/mol. The van der Waals surface area contributed by atoms with Crippen molar-refractivity contribution < 1.29 is 9.84 Å². The molecule has 3 rings (SSSR count). The Kier molecular flexibility index (Phi) is 4.05. The third-order valence-electron chi connectivity index (χ3n) is 3.99. The molecule has 0 aromatic carbocycles. The Morgan fingerprint density at radius 1 is 1.57 bits per heavy atom. The fraction of sp³-hybridized carbons (Fsp3) is 0.571. The molecule has 1 aliphatic rings. The van der Waals surface area contributed by atoms with Crippen LogP contribution in [0.2, 0.25) is 5.28 Å². The first-order valence-electron chi connectivity index (χ1n) is 7.05. The quantitative estimate of drug-likeness (QED) is 0.845. The highest BCUT2D eigenvalue weighted by atomic mass is 35.5. The molecule has 3 heterocycles. The summed E-state index contributed by atoms with van der Waals surface area (Å²) in [6.07, 6.45) is 1.38. The Labute approximate surface area is 132 Å². The van der Waals surface area contributed by atoms with E-state index in [9.17, 15) is 5.11 Å². The number of aromatic nitrogens is 2. The minimum atomic E-state index is -0.868. The second-order valence-corrected chi connectivity index (χ2v) is 6.80. The van der Waals surface area contributed by atoms with Crippen molar-refractivity contribution in [2.45, 2.75) is 38.4 Å². The summed E-state index contributed by atoms with van der Waals surface area (Å²) in [7, 11) is 0. The smallest absolute Gasteiger partial charge is 0.225 e. The first-order valence-corrected chi connectivity index (χ1v) is 8.25. The Morgan fingerprint density at radius 2 is 2.38 bits per heavy atom. The molecular formula is C14H18ClN3O2S. The van der Waals surface area contributed by atoms with Gasteiger partial charge in [0.15, 0.2) is 0 Å². The fourth-order valence-electron chi connectivity index (χ4n) is 2.49. The first-order chi connectivity index (χ1) is 10.0. The number of hydrogen-bond acceptors (Lipinski definition) is 6. The molecule has 0 spiro atoms.